The number of nitrogens with zero attached hydrogens (tertiary/aromatic N) is 1. The second kappa shape index (κ2) is 7.39. The second-order valence-corrected chi connectivity index (χ2v) is 7.28. The molecule has 4 nitrogen and oxygen atoms in total. The molecule has 2 N–H and O–H groups in total. The van der Waals surface area contributed by atoms with Crippen LogP contribution in [0.4, 0.5) is 0 Å². The number of amides is 1. The molecule has 4 heteroatoms. The van der Waals surface area contributed by atoms with Crippen LogP contribution < -0.4 is 10.5 Å². The Morgan fingerprint density at radius 2 is 1.96 bits per heavy atom. The van der Waals surface area contributed by atoms with E-state index in [1.807, 2.05) is 30.3 Å². The molecule has 2 atom stereocenters. The van der Waals surface area contributed by atoms with Gasteiger partial charge in [0.2, 0.25) is 5.91 Å². The van der Waals surface area contributed by atoms with E-state index in [1.54, 1.807) is 0 Å². The minimum atomic E-state index is -0.170. The summed E-state index contributed by atoms with van der Waals surface area (Å²) in [5, 5.41) is 1.14. The largest absolute Gasteiger partial charge is 0.489 e. The van der Waals surface area contributed by atoms with Crippen LogP contribution in [0, 0.1) is 11.8 Å². The first kappa shape index (κ1) is 17.5. The molecule has 1 saturated carbocycles. The van der Waals surface area contributed by atoms with E-state index in [1.165, 1.54) is 5.56 Å². The number of carbonyl (C=O) groups is 1. The van der Waals surface area contributed by atoms with Crippen molar-refractivity contribution in [3.63, 3.8) is 0 Å². The number of carbonyl (C=O) groups excluding carboxylic acids is 1. The van der Waals surface area contributed by atoms with Gasteiger partial charge in [-0.25, -0.2) is 0 Å². The molecule has 3 aromatic rings. The van der Waals surface area contributed by atoms with E-state index in [-0.39, 0.29) is 11.8 Å². The third-order valence-electron chi connectivity index (χ3n) is 5.32. The molecule has 27 heavy (non-hydrogen) atoms. The monoisotopic (exact) mass is 360 g/mol. The first-order valence-corrected chi connectivity index (χ1v) is 9.52. The molecule has 0 radical (unpaired) electrons. The van der Waals surface area contributed by atoms with E-state index in [0.717, 1.165) is 47.2 Å². The summed E-state index contributed by atoms with van der Waals surface area (Å²) in [4.78, 5) is 15.9. The summed E-state index contributed by atoms with van der Waals surface area (Å²) in [5.74, 6) is 1.15. The molecule has 1 aliphatic carbocycles. The van der Waals surface area contributed by atoms with Gasteiger partial charge < -0.3 is 10.5 Å². The van der Waals surface area contributed by atoms with Gasteiger partial charge in [-0.1, -0.05) is 37.3 Å². The van der Waals surface area contributed by atoms with Crippen molar-refractivity contribution in [2.24, 2.45) is 17.6 Å². The number of hydrogen-bond acceptors (Lipinski definition) is 3. The fraction of sp³-hybridized carbons (Fsp3) is 0.304. The van der Waals surface area contributed by atoms with Crippen LogP contribution in [0.2, 0.25) is 0 Å². The van der Waals surface area contributed by atoms with Crippen molar-refractivity contribution >= 4 is 16.8 Å². The number of pyridine rings is 1. The highest BCUT2D eigenvalue weighted by molar-refractivity contribution is 5.82. The van der Waals surface area contributed by atoms with E-state index >= 15 is 0 Å². The Bertz CT molecular complexity index is 966. The van der Waals surface area contributed by atoms with Crippen molar-refractivity contribution in [2.75, 3.05) is 0 Å². The average Bonchev–Trinajstić information content (AvgIpc) is 3.46. The normalized spacial score (nSPS) is 18.4. The van der Waals surface area contributed by atoms with Crippen molar-refractivity contribution in [1.82, 2.24) is 4.98 Å². The molecule has 2 unspecified atom stereocenters. The Hall–Kier alpha value is -2.88. The first-order valence-electron chi connectivity index (χ1n) is 9.52. The predicted molar refractivity (Wildman–Crippen MR) is 106 cm³/mol. The van der Waals surface area contributed by atoms with Gasteiger partial charge in [-0.2, -0.15) is 0 Å². The van der Waals surface area contributed by atoms with E-state index in [9.17, 15) is 4.79 Å². The number of rotatable bonds is 7. The van der Waals surface area contributed by atoms with Gasteiger partial charge in [-0.3, -0.25) is 9.78 Å². The highest BCUT2D eigenvalue weighted by Gasteiger charge is 2.41. The summed E-state index contributed by atoms with van der Waals surface area (Å²) in [7, 11) is 0. The SMILES string of the molecule is CCc1cc(COc2ccc(CC3CC3C(N)=O)cc2)c2ccccc2n1. The molecule has 0 bridgehead atoms. The number of ether oxygens (including phenoxy) is 1. The molecule has 1 heterocycles. The van der Waals surface area contributed by atoms with Crippen LogP contribution in [-0.2, 0) is 24.2 Å². The number of aromatic nitrogens is 1. The van der Waals surface area contributed by atoms with Crippen LogP contribution in [0.1, 0.15) is 30.2 Å². The number of nitrogens with two attached hydrogens (primary N) is 1. The van der Waals surface area contributed by atoms with Crippen LogP contribution in [0.3, 0.4) is 0 Å². The number of aryl methyl sites for hydroxylation is 1. The highest BCUT2D eigenvalue weighted by atomic mass is 16.5. The van der Waals surface area contributed by atoms with E-state index in [0.29, 0.717) is 12.5 Å². The Labute approximate surface area is 159 Å². The van der Waals surface area contributed by atoms with Crippen molar-refractivity contribution in [2.45, 2.75) is 32.8 Å². The van der Waals surface area contributed by atoms with Gasteiger partial charge in [0.15, 0.2) is 0 Å². The van der Waals surface area contributed by atoms with Crippen molar-refractivity contribution in [3.05, 3.63) is 71.4 Å². The average molecular weight is 360 g/mol. The Kier molecular flexibility index (Phi) is 4.80. The van der Waals surface area contributed by atoms with Gasteiger partial charge in [0.05, 0.1) is 5.52 Å². The molecular formula is C23H24N2O2. The van der Waals surface area contributed by atoms with E-state index in [2.05, 4.69) is 36.2 Å². The Morgan fingerprint density at radius 1 is 1.19 bits per heavy atom. The number of benzene rings is 2. The standard InChI is InChI=1S/C23H24N2O2/c1-2-18-12-17(20-5-3-4-6-22(20)25-18)14-27-19-9-7-15(8-10-19)11-16-13-21(16)23(24)26/h3-10,12,16,21H,2,11,13-14H2,1H3,(H2,24,26). The molecular weight excluding hydrogens is 336 g/mol. The second-order valence-electron chi connectivity index (χ2n) is 7.28. The molecule has 1 aliphatic rings. The van der Waals surface area contributed by atoms with E-state index < -0.39 is 0 Å². The molecule has 0 aliphatic heterocycles. The third-order valence-corrected chi connectivity index (χ3v) is 5.32. The van der Waals surface area contributed by atoms with Gasteiger partial charge >= 0.3 is 0 Å². The van der Waals surface area contributed by atoms with Crippen molar-refractivity contribution in [3.8, 4) is 5.75 Å². The lowest BCUT2D eigenvalue weighted by Gasteiger charge is -2.11. The first-order chi connectivity index (χ1) is 13.1. The van der Waals surface area contributed by atoms with Gasteiger partial charge in [0.1, 0.15) is 12.4 Å². The summed E-state index contributed by atoms with van der Waals surface area (Å²) in [6.07, 6.45) is 2.73. The third kappa shape index (κ3) is 3.95. The molecule has 138 valence electrons. The Morgan fingerprint density at radius 3 is 2.67 bits per heavy atom. The smallest absolute Gasteiger partial charge is 0.220 e. The zero-order valence-electron chi connectivity index (χ0n) is 15.5. The maximum atomic E-state index is 11.2. The van der Waals surface area contributed by atoms with Crippen LogP contribution in [0.15, 0.2) is 54.6 Å². The summed E-state index contributed by atoms with van der Waals surface area (Å²) in [6, 6.07) is 18.5. The summed E-state index contributed by atoms with van der Waals surface area (Å²) < 4.78 is 6.03. The lowest BCUT2D eigenvalue weighted by atomic mass is 10.1. The minimum absolute atomic E-state index is 0.0636. The van der Waals surface area contributed by atoms with Crippen LogP contribution >= 0.6 is 0 Å². The van der Waals surface area contributed by atoms with Crippen LogP contribution in [0.5, 0.6) is 5.75 Å². The number of primary amides is 1. The van der Waals surface area contributed by atoms with Crippen molar-refractivity contribution < 1.29 is 9.53 Å². The van der Waals surface area contributed by atoms with Gasteiger partial charge in [0, 0.05) is 22.6 Å². The van der Waals surface area contributed by atoms with E-state index in [4.69, 9.17) is 10.5 Å². The molecule has 1 aromatic heterocycles. The Balaban J connectivity index is 1.43. The topological polar surface area (TPSA) is 65.2 Å². The highest BCUT2D eigenvalue weighted by Crippen LogP contribution is 2.40. The van der Waals surface area contributed by atoms with Crippen molar-refractivity contribution in [1.29, 1.82) is 0 Å². The summed E-state index contributed by atoms with van der Waals surface area (Å²) >= 11 is 0. The molecule has 0 spiro atoms. The van der Waals surface area contributed by atoms with Crippen LogP contribution in [-0.4, -0.2) is 10.9 Å². The lowest BCUT2D eigenvalue weighted by Crippen LogP contribution is -2.14. The molecule has 1 fully saturated rings. The zero-order chi connectivity index (χ0) is 18.8. The molecule has 0 saturated heterocycles. The molecule has 4 rings (SSSR count). The summed E-state index contributed by atoms with van der Waals surface area (Å²) in [5.41, 5.74) is 9.83. The number of fused-ring (bicyclic) bond motifs is 1. The zero-order valence-corrected chi connectivity index (χ0v) is 15.5. The maximum Gasteiger partial charge on any atom is 0.220 e. The predicted octanol–water partition coefficient (Wildman–Crippen LogP) is 4.04. The lowest BCUT2D eigenvalue weighted by molar-refractivity contribution is -0.119. The fourth-order valence-corrected chi connectivity index (χ4v) is 3.62. The quantitative estimate of drug-likeness (QED) is 0.691. The number of para-hydroxylation sites is 1. The molecule has 2 aromatic carbocycles. The molecule has 1 amide bonds. The minimum Gasteiger partial charge on any atom is -0.489 e. The van der Waals surface area contributed by atoms with Gasteiger partial charge in [-0.15, -0.1) is 0 Å². The number of hydrogen-bond donors (Lipinski definition) is 1. The van der Waals surface area contributed by atoms with Gasteiger partial charge in [0.25, 0.3) is 0 Å². The van der Waals surface area contributed by atoms with Crippen LogP contribution in [0.25, 0.3) is 10.9 Å². The summed E-state index contributed by atoms with van der Waals surface area (Å²) in [6.45, 7) is 2.63. The fourth-order valence-electron chi connectivity index (χ4n) is 3.62. The van der Waals surface area contributed by atoms with Gasteiger partial charge in [-0.05, 0) is 55.0 Å². The maximum absolute atomic E-state index is 11.2.